The molecule has 0 saturated heterocycles. The van der Waals surface area contributed by atoms with Crippen molar-refractivity contribution < 1.29 is 0 Å². The molecule has 4 heteroatoms. The maximum Gasteiger partial charge on any atom is 0.181 e. The first-order chi connectivity index (χ1) is 8.16. The molecule has 1 N–H and O–H groups in total. The van der Waals surface area contributed by atoms with Gasteiger partial charge in [0.15, 0.2) is 5.82 Å². The Hall–Kier alpha value is -1.71. The van der Waals surface area contributed by atoms with E-state index in [0.717, 1.165) is 12.2 Å². The van der Waals surface area contributed by atoms with Crippen LogP contribution in [0.3, 0.4) is 0 Å². The Morgan fingerprint density at radius 1 is 1.12 bits per heavy atom. The standard InChI is InChI=1S/C13H18N4/c1-9(2)8-11-4-6-12(7-5-11)10(3)13-14-16-17-15-13/h4-7,9-10H,8H2,1-3H3,(H,14,15,16,17)/t10-/m1/s1. The lowest BCUT2D eigenvalue weighted by molar-refractivity contribution is 0.647. The highest BCUT2D eigenvalue weighted by Crippen LogP contribution is 2.21. The molecule has 1 heterocycles. The molecule has 0 aliphatic rings. The maximum absolute atomic E-state index is 4.02. The van der Waals surface area contributed by atoms with Crippen molar-refractivity contribution in [1.29, 1.82) is 0 Å². The van der Waals surface area contributed by atoms with Crippen LogP contribution in [0, 0.1) is 5.92 Å². The zero-order valence-corrected chi connectivity index (χ0v) is 10.5. The van der Waals surface area contributed by atoms with Gasteiger partial charge in [-0.2, -0.15) is 5.21 Å². The predicted octanol–water partition coefficient (Wildman–Crippen LogP) is 2.55. The van der Waals surface area contributed by atoms with Crippen LogP contribution in [0.4, 0.5) is 0 Å². The second-order valence-electron chi connectivity index (χ2n) is 4.83. The number of rotatable bonds is 4. The molecule has 0 radical (unpaired) electrons. The second-order valence-corrected chi connectivity index (χ2v) is 4.83. The fourth-order valence-corrected chi connectivity index (χ4v) is 1.92. The summed E-state index contributed by atoms with van der Waals surface area (Å²) in [5, 5.41) is 14.1. The quantitative estimate of drug-likeness (QED) is 0.878. The molecule has 1 aromatic carbocycles. The minimum atomic E-state index is 0.182. The Kier molecular flexibility index (Phi) is 3.52. The van der Waals surface area contributed by atoms with Gasteiger partial charge < -0.3 is 0 Å². The SMILES string of the molecule is CC(C)Cc1ccc([C@@H](C)c2nn[nH]n2)cc1. The highest BCUT2D eigenvalue weighted by molar-refractivity contribution is 5.28. The topological polar surface area (TPSA) is 54.5 Å². The summed E-state index contributed by atoms with van der Waals surface area (Å²) in [6.07, 6.45) is 1.12. The van der Waals surface area contributed by atoms with Crippen molar-refractivity contribution in [2.24, 2.45) is 5.92 Å². The van der Waals surface area contributed by atoms with Crippen LogP contribution < -0.4 is 0 Å². The zero-order chi connectivity index (χ0) is 12.3. The summed E-state index contributed by atoms with van der Waals surface area (Å²) in [5.74, 6) is 1.61. The molecule has 90 valence electrons. The summed E-state index contributed by atoms with van der Waals surface area (Å²) in [6, 6.07) is 8.68. The van der Waals surface area contributed by atoms with Crippen LogP contribution in [-0.2, 0) is 6.42 Å². The van der Waals surface area contributed by atoms with Crippen molar-refractivity contribution in [3.05, 3.63) is 41.2 Å². The summed E-state index contributed by atoms with van der Waals surface area (Å²) < 4.78 is 0. The van der Waals surface area contributed by atoms with Gasteiger partial charge in [0, 0.05) is 5.92 Å². The number of tetrazole rings is 1. The molecular formula is C13H18N4. The van der Waals surface area contributed by atoms with Crippen molar-refractivity contribution >= 4 is 0 Å². The Morgan fingerprint density at radius 3 is 2.35 bits per heavy atom. The van der Waals surface area contributed by atoms with E-state index in [1.54, 1.807) is 0 Å². The number of nitrogens with zero attached hydrogens (tertiary/aromatic N) is 3. The lowest BCUT2D eigenvalue weighted by atomic mass is 9.96. The van der Waals surface area contributed by atoms with Gasteiger partial charge in [0.1, 0.15) is 0 Å². The molecule has 0 spiro atoms. The third kappa shape index (κ3) is 2.90. The first-order valence-corrected chi connectivity index (χ1v) is 5.99. The molecule has 0 bridgehead atoms. The molecule has 0 aliphatic heterocycles. The third-order valence-electron chi connectivity index (χ3n) is 2.87. The van der Waals surface area contributed by atoms with Crippen molar-refractivity contribution in [2.45, 2.75) is 33.1 Å². The monoisotopic (exact) mass is 230 g/mol. The van der Waals surface area contributed by atoms with Gasteiger partial charge in [0.05, 0.1) is 0 Å². The van der Waals surface area contributed by atoms with Gasteiger partial charge in [-0.15, -0.1) is 10.2 Å². The normalized spacial score (nSPS) is 12.9. The van der Waals surface area contributed by atoms with Gasteiger partial charge in [0.2, 0.25) is 0 Å². The van der Waals surface area contributed by atoms with E-state index in [1.807, 2.05) is 0 Å². The fraction of sp³-hybridized carbons (Fsp3) is 0.462. The van der Waals surface area contributed by atoms with E-state index in [2.05, 4.69) is 65.7 Å². The van der Waals surface area contributed by atoms with E-state index in [4.69, 9.17) is 0 Å². The number of hydrogen-bond donors (Lipinski definition) is 1. The van der Waals surface area contributed by atoms with Gasteiger partial charge >= 0.3 is 0 Å². The smallest absolute Gasteiger partial charge is 0.177 e. The molecule has 0 amide bonds. The summed E-state index contributed by atoms with van der Waals surface area (Å²) in [7, 11) is 0. The zero-order valence-electron chi connectivity index (χ0n) is 10.5. The van der Waals surface area contributed by atoms with Gasteiger partial charge in [-0.25, -0.2) is 0 Å². The van der Waals surface area contributed by atoms with Crippen LogP contribution in [0.2, 0.25) is 0 Å². The molecule has 2 aromatic rings. The van der Waals surface area contributed by atoms with Gasteiger partial charge in [-0.1, -0.05) is 50.3 Å². The van der Waals surface area contributed by atoms with Crippen LogP contribution in [-0.4, -0.2) is 20.6 Å². The van der Waals surface area contributed by atoms with Gasteiger partial charge in [-0.05, 0) is 23.5 Å². The summed E-state index contributed by atoms with van der Waals surface area (Å²) >= 11 is 0. The average molecular weight is 230 g/mol. The minimum Gasteiger partial charge on any atom is -0.177 e. The van der Waals surface area contributed by atoms with E-state index in [9.17, 15) is 0 Å². The van der Waals surface area contributed by atoms with Crippen molar-refractivity contribution in [2.75, 3.05) is 0 Å². The summed E-state index contributed by atoms with van der Waals surface area (Å²) in [6.45, 7) is 6.55. The van der Waals surface area contributed by atoms with Gasteiger partial charge in [-0.3, -0.25) is 0 Å². The molecule has 1 aromatic heterocycles. The Morgan fingerprint density at radius 2 is 1.82 bits per heavy atom. The highest BCUT2D eigenvalue weighted by Gasteiger charge is 2.12. The molecule has 4 nitrogen and oxygen atoms in total. The van der Waals surface area contributed by atoms with E-state index in [-0.39, 0.29) is 5.92 Å². The molecule has 1 atom stereocenters. The van der Waals surface area contributed by atoms with Crippen molar-refractivity contribution in [3.63, 3.8) is 0 Å². The number of nitrogens with one attached hydrogen (secondary N) is 1. The van der Waals surface area contributed by atoms with Crippen LogP contribution in [0.1, 0.15) is 43.6 Å². The van der Waals surface area contributed by atoms with Crippen LogP contribution in [0.5, 0.6) is 0 Å². The molecule has 0 saturated carbocycles. The van der Waals surface area contributed by atoms with E-state index in [1.165, 1.54) is 11.1 Å². The first kappa shape index (κ1) is 11.8. The number of benzene rings is 1. The molecular weight excluding hydrogens is 212 g/mol. The lowest BCUT2D eigenvalue weighted by Crippen LogP contribution is -2.00. The van der Waals surface area contributed by atoms with Crippen LogP contribution in [0.15, 0.2) is 24.3 Å². The Bertz CT molecular complexity index is 445. The van der Waals surface area contributed by atoms with Crippen molar-refractivity contribution in [1.82, 2.24) is 20.6 Å². The first-order valence-electron chi connectivity index (χ1n) is 5.99. The van der Waals surface area contributed by atoms with Crippen molar-refractivity contribution in [3.8, 4) is 0 Å². The highest BCUT2D eigenvalue weighted by atomic mass is 15.5. The number of aromatic amines is 1. The second kappa shape index (κ2) is 5.08. The number of H-pyrrole nitrogens is 1. The Labute approximate surface area is 101 Å². The fourth-order valence-electron chi connectivity index (χ4n) is 1.92. The third-order valence-corrected chi connectivity index (χ3v) is 2.87. The predicted molar refractivity (Wildman–Crippen MR) is 66.7 cm³/mol. The Balaban J connectivity index is 2.12. The summed E-state index contributed by atoms with van der Waals surface area (Å²) in [4.78, 5) is 0. The molecule has 0 fully saturated rings. The van der Waals surface area contributed by atoms with Gasteiger partial charge in [0.25, 0.3) is 0 Å². The van der Waals surface area contributed by atoms with E-state index in [0.29, 0.717) is 5.92 Å². The maximum atomic E-state index is 4.02. The minimum absolute atomic E-state index is 0.182. The van der Waals surface area contributed by atoms with Crippen LogP contribution >= 0.6 is 0 Å². The summed E-state index contributed by atoms with van der Waals surface area (Å²) in [5.41, 5.74) is 2.60. The van der Waals surface area contributed by atoms with Crippen LogP contribution in [0.25, 0.3) is 0 Å². The average Bonchev–Trinajstić information content (AvgIpc) is 2.82. The number of aromatic nitrogens is 4. The van der Waals surface area contributed by atoms with E-state index >= 15 is 0 Å². The van der Waals surface area contributed by atoms with E-state index < -0.39 is 0 Å². The molecule has 17 heavy (non-hydrogen) atoms. The lowest BCUT2D eigenvalue weighted by Gasteiger charge is -2.09. The number of hydrogen-bond acceptors (Lipinski definition) is 3. The molecule has 0 aliphatic carbocycles. The molecule has 0 unspecified atom stereocenters. The largest absolute Gasteiger partial charge is 0.181 e. The molecule has 2 rings (SSSR count).